The van der Waals surface area contributed by atoms with Crippen LogP contribution in [0, 0.1) is 10.1 Å². The number of nitro groups is 1. The standard InChI is InChI=1S/C12H17N5O2/c1-15(2)8-5-7-13-12-11(17(18)19)10-6-3-4-9-16(10)14-12/h3-4,6,9H,5,7-8H2,1-2H3,(H,13,14). The molecular weight excluding hydrogens is 246 g/mol. The van der Waals surface area contributed by atoms with Crippen LogP contribution in [0.1, 0.15) is 6.42 Å². The fourth-order valence-corrected chi connectivity index (χ4v) is 1.89. The minimum Gasteiger partial charge on any atom is -0.363 e. The second kappa shape index (κ2) is 5.66. The summed E-state index contributed by atoms with van der Waals surface area (Å²) in [7, 11) is 3.99. The van der Waals surface area contributed by atoms with Gasteiger partial charge in [-0.15, -0.1) is 5.10 Å². The minimum atomic E-state index is -0.392. The largest absolute Gasteiger partial charge is 0.363 e. The van der Waals surface area contributed by atoms with Crippen molar-refractivity contribution in [2.75, 3.05) is 32.5 Å². The van der Waals surface area contributed by atoms with Crippen molar-refractivity contribution in [1.82, 2.24) is 14.5 Å². The first-order valence-electron chi connectivity index (χ1n) is 6.10. The number of hydrogen-bond donors (Lipinski definition) is 1. The molecule has 2 aromatic heterocycles. The molecule has 0 amide bonds. The van der Waals surface area contributed by atoms with E-state index in [9.17, 15) is 10.1 Å². The molecule has 0 aliphatic carbocycles. The van der Waals surface area contributed by atoms with Gasteiger partial charge in [0.2, 0.25) is 5.82 Å². The molecule has 0 saturated carbocycles. The summed E-state index contributed by atoms with van der Waals surface area (Å²) < 4.78 is 1.52. The van der Waals surface area contributed by atoms with Crippen molar-refractivity contribution in [3.63, 3.8) is 0 Å². The molecule has 0 aromatic carbocycles. The average molecular weight is 263 g/mol. The molecule has 0 fully saturated rings. The minimum absolute atomic E-state index is 0.0328. The van der Waals surface area contributed by atoms with Crippen molar-refractivity contribution in [3.8, 4) is 0 Å². The van der Waals surface area contributed by atoms with Crippen molar-refractivity contribution < 1.29 is 4.92 Å². The maximum Gasteiger partial charge on any atom is 0.338 e. The maximum atomic E-state index is 11.1. The Morgan fingerprint density at radius 1 is 1.47 bits per heavy atom. The highest BCUT2D eigenvalue weighted by Crippen LogP contribution is 2.28. The molecule has 7 nitrogen and oxygen atoms in total. The molecule has 2 aromatic rings. The van der Waals surface area contributed by atoms with Gasteiger partial charge in [-0.2, -0.15) is 0 Å². The van der Waals surface area contributed by atoms with E-state index in [0.29, 0.717) is 17.9 Å². The highest BCUT2D eigenvalue weighted by Gasteiger charge is 2.22. The number of rotatable bonds is 6. The fourth-order valence-electron chi connectivity index (χ4n) is 1.89. The predicted molar refractivity (Wildman–Crippen MR) is 73.5 cm³/mol. The number of aromatic nitrogens is 2. The van der Waals surface area contributed by atoms with Crippen LogP contribution in [0.2, 0.25) is 0 Å². The van der Waals surface area contributed by atoms with Crippen molar-refractivity contribution >= 4 is 17.0 Å². The molecule has 0 aliphatic heterocycles. The number of nitrogens with one attached hydrogen (secondary N) is 1. The third-order valence-electron chi connectivity index (χ3n) is 2.77. The number of nitrogens with zero attached hydrogens (tertiary/aromatic N) is 4. The van der Waals surface area contributed by atoms with Crippen molar-refractivity contribution in [2.24, 2.45) is 0 Å². The smallest absolute Gasteiger partial charge is 0.338 e. The van der Waals surface area contributed by atoms with E-state index in [1.165, 1.54) is 4.52 Å². The Kier molecular flexibility index (Phi) is 3.96. The van der Waals surface area contributed by atoms with Crippen molar-refractivity contribution in [2.45, 2.75) is 6.42 Å². The van der Waals surface area contributed by atoms with Crippen LogP contribution in [0.5, 0.6) is 0 Å². The average Bonchev–Trinajstić information content (AvgIpc) is 2.72. The van der Waals surface area contributed by atoms with Gasteiger partial charge in [-0.3, -0.25) is 10.1 Å². The van der Waals surface area contributed by atoms with Gasteiger partial charge in [-0.25, -0.2) is 4.52 Å². The molecule has 2 heterocycles. The molecule has 0 aliphatic rings. The monoisotopic (exact) mass is 263 g/mol. The summed E-state index contributed by atoms with van der Waals surface area (Å²) in [5, 5.41) is 18.4. The van der Waals surface area contributed by atoms with E-state index in [1.807, 2.05) is 14.1 Å². The summed E-state index contributed by atoms with van der Waals surface area (Å²) in [6.07, 6.45) is 2.60. The van der Waals surface area contributed by atoms with Gasteiger partial charge in [0, 0.05) is 12.7 Å². The van der Waals surface area contributed by atoms with Gasteiger partial charge in [-0.1, -0.05) is 6.07 Å². The first kappa shape index (κ1) is 13.3. The van der Waals surface area contributed by atoms with E-state index < -0.39 is 4.92 Å². The molecule has 0 bridgehead atoms. The molecule has 2 rings (SSSR count). The Morgan fingerprint density at radius 3 is 2.95 bits per heavy atom. The maximum absolute atomic E-state index is 11.1. The van der Waals surface area contributed by atoms with Gasteiger partial charge in [-0.05, 0) is 39.2 Å². The second-order valence-corrected chi connectivity index (χ2v) is 4.57. The second-order valence-electron chi connectivity index (χ2n) is 4.57. The van der Waals surface area contributed by atoms with Crippen LogP contribution in [0.25, 0.3) is 5.52 Å². The molecule has 0 radical (unpaired) electrons. The van der Waals surface area contributed by atoms with Gasteiger partial charge in [0.25, 0.3) is 0 Å². The van der Waals surface area contributed by atoms with Gasteiger partial charge in [0.1, 0.15) is 5.52 Å². The fraction of sp³-hybridized carbons (Fsp3) is 0.417. The summed E-state index contributed by atoms with van der Waals surface area (Å²) in [6.45, 7) is 1.58. The summed E-state index contributed by atoms with van der Waals surface area (Å²) >= 11 is 0. The number of hydrogen-bond acceptors (Lipinski definition) is 5. The van der Waals surface area contributed by atoms with Crippen LogP contribution < -0.4 is 5.32 Å². The molecule has 102 valence electrons. The third-order valence-corrected chi connectivity index (χ3v) is 2.77. The van der Waals surface area contributed by atoms with Crippen LogP contribution >= 0.6 is 0 Å². The summed E-state index contributed by atoms with van der Waals surface area (Å²) in [6, 6.07) is 5.25. The van der Waals surface area contributed by atoms with Crippen LogP contribution in [-0.2, 0) is 0 Å². The third kappa shape index (κ3) is 3.00. The molecule has 19 heavy (non-hydrogen) atoms. The summed E-state index contributed by atoms with van der Waals surface area (Å²) in [5.41, 5.74) is 0.535. The quantitative estimate of drug-likeness (QED) is 0.487. The molecule has 0 atom stereocenters. The number of pyridine rings is 1. The summed E-state index contributed by atoms with van der Waals surface area (Å²) in [4.78, 5) is 12.8. The number of anilines is 1. The highest BCUT2D eigenvalue weighted by atomic mass is 16.6. The van der Waals surface area contributed by atoms with E-state index in [1.54, 1.807) is 24.4 Å². The van der Waals surface area contributed by atoms with E-state index in [0.717, 1.165) is 13.0 Å². The van der Waals surface area contributed by atoms with Gasteiger partial charge < -0.3 is 10.2 Å². The zero-order valence-corrected chi connectivity index (χ0v) is 11.0. The Bertz CT molecular complexity index is 579. The van der Waals surface area contributed by atoms with Crippen molar-refractivity contribution in [3.05, 3.63) is 34.5 Å². The topological polar surface area (TPSA) is 75.7 Å². The Morgan fingerprint density at radius 2 is 2.26 bits per heavy atom. The van der Waals surface area contributed by atoms with E-state index in [4.69, 9.17) is 0 Å². The SMILES string of the molecule is CN(C)CCCNc1nn2ccccc2c1[N+](=O)[O-]. The lowest BCUT2D eigenvalue weighted by Crippen LogP contribution is -2.16. The zero-order chi connectivity index (χ0) is 13.8. The van der Waals surface area contributed by atoms with Gasteiger partial charge >= 0.3 is 5.69 Å². The lowest BCUT2D eigenvalue weighted by molar-refractivity contribution is -0.382. The highest BCUT2D eigenvalue weighted by molar-refractivity contribution is 5.76. The van der Waals surface area contributed by atoms with E-state index >= 15 is 0 Å². The van der Waals surface area contributed by atoms with E-state index in [2.05, 4.69) is 15.3 Å². The molecule has 7 heteroatoms. The Balaban J connectivity index is 2.17. The molecule has 0 spiro atoms. The lowest BCUT2D eigenvalue weighted by atomic mass is 10.3. The first-order chi connectivity index (χ1) is 9.09. The van der Waals surface area contributed by atoms with Crippen LogP contribution in [0.15, 0.2) is 24.4 Å². The van der Waals surface area contributed by atoms with Crippen molar-refractivity contribution in [1.29, 1.82) is 0 Å². The van der Waals surface area contributed by atoms with E-state index in [-0.39, 0.29) is 5.69 Å². The Hall–Kier alpha value is -2.15. The first-order valence-corrected chi connectivity index (χ1v) is 6.10. The Labute approximate surface area is 111 Å². The molecule has 0 saturated heterocycles. The van der Waals surface area contributed by atoms with Gasteiger partial charge in [0.15, 0.2) is 0 Å². The molecular formula is C12H17N5O2. The van der Waals surface area contributed by atoms with Crippen LogP contribution in [0.4, 0.5) is 11.5 Å². The van der Waals surface area contributed by atoms with Crippen LogP contribution in [0.3, 0.4) is 0 Å². The summed E-state index contributed by atoms with van der Waals surface area (Å²) in [5.74, 6) is 0.329. The molecule has 0 unspecified atom stereocenters. The normalized spacial score (nSPS) is 11.1. The molecule has 1 N–H and O–H groups in total. The zero-order valence-electron chi connectivity index (χ0n) is 11.0. The number of fused-ring (bicyclic) bond motifs is 1. The lowest BCUT2D eigenvalue weighted by Gasteiger charge is -2.08. The predicted octanol–water partition coefficient (Wildman–Crippen LogP) is 1.61. The van der Waals surface area contributed by atoms with Gasteiger partial charge in [0.05, 0.1) is 4.92 Å². The van der Waals surface area contributed by atoms with Crippen LogP contribution in [-0.4, -0.2) is 46.6 Å².